The summed E-state index contributed by atoms with van der Waals surface area (Å²) in [5.41, 5.74) is 0.573. The molecule has 0 saturated heterocycles. The predicted molar refractivity (Wildman–Crippen MR) is 102 cm³/mol. The minimum Gasteiger partial charge on any atom is -0.337 e. The van der Waals surface area contributed by atoms with Crippen LogP contribution in [0, 0.1) is 18.6 Å². The third-order valence-electron chi connectivity index (χ3n) is 4.49. The molecule has 2 heterocycles. The van der Waals surface area contributed by atoms with Crippen LogP contribution in [0.4, 0.5) is 33.5 Å². The zero-order valence-corrected chi connectivity index (χ0v) is 15.4. The van der Waals surface area contributed by atoms with Crippen molar-refractivity contribution in [3.05, 3.63) is 77.9 Å². The number of hydrogen-bond acceptors (Lipinski definition) is 4. The number of nitrogens with one attached hydrogen (secondary N) is 1. The fourth-order valence-corrected chi connectivity index (χ4v) is 3.02. The summed E-state index contributed by atoms with van der Waals surface area (Å²) in [6, 6.07) is 8.24. The summed E-state index contributed by atoms with van der Waals surface area (Å²) in [4.78, 5) is 12.1. The fraction of sp³-hybridized carbons (Fsp3) is 0.0952. The molecule has 2 aromatic heterocycles. The fourth-order valence-electron chi connectivity index (χ4n) is 3.02. The van der Waals surface area contributed by atoms with E-state index < -0.39 is 23.4 Å². The van der Waals surface area contributed by atoms with Gasteiger partial charge in [0.1, 0.15) is 23.8 Å². The Balaban J connectivity index is 1.72. The molecule has 0 unspecified atom stereocenters. The Morgan fingerprint density at radius 3 is 2.27 bits per heavy atom. The Labute approximate surface area is 167 Å². The molecule has 4 nitrogen and oxygen atoms in total. The third-order valence-corrected chi connectivity index (χ3v) is 4.49. The van der Waals surface area contributed by atoms with E-state index in [0.29, 0.717) is 17.0 Å². The molecule has 1 N–H and O–H groups in total. The lowest BCUT2D eigenvalue weighted by Gasteiger charge is -2.12. The molecule has 9 heteroatoms. The number of pyridine rings is 1. The van der Waals surface area contributed by atoms with Gasteiger partial charge in [0.2, 0.25) is 0 Å². The number of benzene rings is 2. The smallest absolute Gasteiger partial charge is 0.337 e. The molecule has 152 valence electrons. The zero-order valence-electron chi connectivity index (χ0n) is 15.4. The first-order chi connectivity index (χ1) is 14.2. The number of anilines is 2. The number of aryl methyl sites for hydroxylation is 1. The van der Waals surface area contributed by atoms with E-state index in [1.807, 2.05) is 0 Å². The highest BCUT2D eigenvalue weighted by molar-refractivity contribution is 5.95. The lowest BCUT2D eigenvalue weighted by atomic mass is 10.1. The van der Waals surface area contributed by atoms with Crippen molar-refractivity contribution in [2.75, 3.05) is 5.32 Å². The first-order valence-electron chi connectivity index (χ1n) is 8.73. The van der Waals surface area contributed by atoms with E-state index in [9.17, 15) is 22.0 Å². The molecule has 0 radical (unpaired) electrons. The molecule has 0 amide bonds. The van der Waals surface area contributed by atoms with E-state index in [1.54, 1.807) is 13.0 Å². The predicted octanol–water partition coefficient (Wildman–Crippen LogP) is 6.04. The largest absolute Gasteiger partial charge is 0.416 e. The first kappa shape index (κ1) is 19.7. The summed E-state index contributed by atoms with van der Waals surface area (Å²) < 4.78 is 66.8. The molecular formula is C21H13F5N4. The molecule has 4 aromatic rings. The Hall–Kier alpha value is -3.62. The van der Waals surface area contributed by atoms with E-state index in [-0.39, 0.29) is 22.3 Å². The molecule has 0 spiro atoms. The van der Waals surface area contributed by atoms with E-state index >= 15 is 0 Å². The van der Waals surface area contributed by atoms with E-state index in [2.05, 4.69) is 20.3 Å². The number of alkyl halides is 3. The van der Waals surface area contributed by atoms with Gasteiger partial charge in [-0.3, -0.25) is 4.98 Å². The summed E-state index contributed by atoms with van der Waals surface area (Å²) in [5.74, 6) is -1.37. The van der Waals surface area contributed by atoms with Crippen LogP contribution in [0.5, 0.6) is 0 Å². The van der Waals surface area contributed by atoms with Gasteiger partial charge in [-0.1, -0.05) is 12.1 Å². The van der Waals surface area contributed by atoms with Gasteiger partial charge in [-0.25, -0.2) is 18.7 Å². The van der Waals surface area contributed by atoms with Crippen molar-refractivity contribution >= 4 is 22.3 Å². The van der Waals surface area contributed by atoms with Crippen molar-refractivity contribution < 1.29 is 22.0 Å². The maximum absolute atomic E-state index is 14.5. The lowest BCUT2D eigenvalue weighted by Crippen LogP contribution is -2.04. The van der Waals surface area contributed by atoms with Gasteiger partial charge in [-0.2, -0.15) is 13.2 Å². The van der Waals surface area contributed by atoms with Crippen LogP contribution >= 0.6 is 0 Å². The standard InChI is InChI=1S/C21H13F5N4/c1-11-6-14-15(9-27-11)16(22)7-17(23)20(14)30-19-8-18(28-10-29-19)12-2-4-13(5-3-12)21(24,25)26/h2-10H,1H3,(H,28,29,30). The molecule has 4 rings (SSSR count). The minimum absolute atomic E-state index is 0.00830. The van der Waals surface area contributed by atoms with Crippen molar-refractivity contribution in [1.82, 2.24) is 15.0 Å². The third kappa shape index (κ3) is 3.78. The summed E-state index contributed by atoms with van der Waals surface area (Å²) in [6.07, 6.45) is -1.92. The second-order valence-electron chi connectivity index (χ2n) is 6.58. The molecule has 30 heavy (non-hydrogen) atoms. The zero-order chi connectivity index (χ0) is 21.5. The summed E-state index contributed by atoms with van der Waals surface area (Å²) >= 11 is 0. The number of nitrogens with zero attached hydrogens (tertiary/aromatic N) is 3. The monoisotopic (exact) mass is 416 g/mol. The Bertz CT molecular complexity index is 1240. The molecule has 2 aromatic carbocycles. The van der Waals surface area contributed by atoms with Crippen LogP contribution in [0.25, 0.3) is 22.0 Å². The van der Waals surface area contributed by atoms with Gasteiger partial charge in [-0.05, 0) is 25.1 Å². The Morgan fingerprint density at radius 2 is 1.57 bits per heavy atom. The molecule has 0 bridgehead atoms. The minimum atomic E-state index is -4.44. The highest BCUT2D eigenvalue weighted by atomic mass is 19.4. The molecule has 0 saturated carbocycles. The number of halogens is 5. The maximum atomic E-state index is 14.5. The van der Waals surface area contributed by atoms with Gasteiger partial charge >= 0.3 is 6.18 Å². The van der Waals surface area contributed by atoms with Crippen LogP contribution in [-0.4, -0.2) is 15.0 Å². The van der Waals surface area contributed by atoms with E-state index in [4.69, 9.17) is 0 Å². The van der Waals surface area contributed by atoms with Gasteiger partial charge in [0.25, 0.3) is 0 Å². The summed E-state index contributed by atoms with van der Waals surface area (Å²) in [6.45, 7) is 1.69. The van der Waals surface area contributed by atoms with Crippen LogP contribution in [-0.2, 0) is 6.18 Å². The van der Waals surface area contributed by atoms with Gasteiger partial charge in [0.15, 0.2) is 0 Å². The molecule has 0 aliphatic heterocycles. The Kier molecular flexibility index (Phi) is 4.81. The molecule has 0 aliphatic rings. The van der Waals surface area contributed by atoms with Crippen molar-refractivity contribution in [2.24, 2.45) is 0 Å². The Morgan fingerprint density at radius 1 is 0.833 bits per heavy atom. The molecular weight excluding hydrogens is 403 g/mol. The molecule has 0 atom stereocenters. The van der Waals surface area contributed by atoms with Crippen LogP contribution in [0.3, 0.4) is 0 Å². The summed E-state index contributed by atoms with van der Waals surface area (Å²) in [7, 11) is 0. The second kappa shape index (κ2) is 7.33. The van der Waals surface area contributed by atoms with Crippen molar-refractivity contribution in [3.63, 3.8) is 0 Å². The number of rotatable bonds is 3. The first-order valence-corrected chi connectivity index (χ1v) is 8.73. The number of hydrogen-bond donors (Lipinski definition) is 1. The average molecular weight is 416 g/mol. The van der Waals surface area contributed by atoms with Gasteiger partial charge in [0.05, 0.1) is 16.9 Å². The van der Waals surface area contributed by atoms with Crippen LogP contribution in [0.15, 0.2) is 55.0 Å². The highest BCUT2D eigenvalue weighted by Crippen LogP contribution is 2.33. The topological polar surface area (TPSA) is 50.7 Å². The van der Waals surface area contributed by atoms with Gasteiger partial charge in [0, 0.05) is 40.4 Å². The van der Waals surface area contributed by atoms with Crippen LogP contribution < -0.4 is 5.32 Å². The summed E-state index contributed by atoms with van der Waals surface area (Å²) in [5, 5.41) is 3.24. The lowest BCUT2D eigenvalue weighted by molar-refractivity contribution is -0.137. The maximum Gasteiger partial charge on any atom is 0.416 e. The average Bonchev–Trinajstić information content (AvgIpc) is 2.70. The normalized spacial score (nSPS) is 11.7. The number of aromatic nitrogens is 3. The number of fused-ring (bicyclic) bond motifs is 1. The molecule has 0 aliphatic carbocycles. The van der Waals surface area contributed by atoms with Crippen molar-refractivity contribution in [3.8, 4) is 11.3 Å². The van der Waals surface area contributed by atoms with Crippen LogP contribution in [0.2, 0.25) is 0 Å². The quantitative estimate of drug-likeness (QED) is 0.414. The van der Waals surface area contributed by atoms with Crippen molar-refractivity contribution in [2.45, 2.75) is 13.1 Å². The molecule has 0 fully saturated rings. The SMILES string of the molecule is Cc1cc2c(Nc3cc(-c4ccc(C(F)(F)F)cc4)ncn3)c(F)cc(F)c2cn1. The van der Waals surface area contributed by atoms with E-state index in [1.165, 1.54) is 30.7 Å². The van der Waals surface area contributed by atoms with Gasteiger partial charge < -0.3 is 5.32 Å². The second-order valence-corrected chi connectivity index (χ2v) is 6.58. The van der Waals surface area contributed by atoms with E-state index in [0.717, 1.165) is 18.2 Å². The van der Waals surface area contributed by atoms with Crippen molar-refractivity contribution in [1.29, 1.82) is 0 Å². The van der Waals surface area contributed by atoms with Crippen LogP contribution in [0.1, 0.15) is 11.3 Å². The highest BCUT2D eigenvalue weighted by Gasteiger charge is 2.30. The van der Waals surface area contributed by atoms with Gasteiger partial charge in [-0.15, -0.1) is 0 Å².